The van der Waals surface area contributed by atoms with Crippen LogP contribution in [0.25, 0.3) is 0 Å². The van der Waals surface area contributed by atoms with E-state index in [-0.39, 0.29) is 16.7 Å². The predicted octanol–water partition coefficient (Wildman–Crippen LogP) is 1.81. The van der Waals surface area contributed by atoms with Crippen LogP contribution in [0.3, 0.4) is 0 Å². The van der Waals surface area contributed by atoms with Gasteiger partial charge in [0.25, 0.3) is 17.7 Å². The average Bonchev–Trinajstić information content (AvgIpc) is 2.88. The Morgan fingerprint density at radius 2 is 1.40 bits per heavy atom. The molecule has 2 aromatic rings. The third kappa shape index (κ3) is 2.65. The SMILES string of the molecule is CC(C(=O)O)N(C(=O)c1ccccc1)N1C(=O)c2ccccc2C1=O. The van der Waals surface area contributed by atoms with Gasteiger partial charge in [-0.15, -0.1) is 0 Å². The number of carboxylic acid groups (broad SMARTS) is 1. The van der Waals surface area contributed by atoms with Gasteiger partial charge in [0.1, 0.15) is 6.04 Å². The highest BCUT2D eigenvalue weighted by atomic mass is 16.4. The van der Waals surface area contributed by atoms with Crippen molar-refractivity contribution in [2.75, 3.05) is 0 Å². The van der Waals surface area contributed by atoms with Gasteiger partial charge >= 0.3 is 5.97 Å². The van der Waals surface area contributed by atoms with Gasteiger partial charge in [-0.2, -0.15) is 5.01 Å². The lowest BCUT2D eigenvalue weighted by Gasteiger charge is -2.32. The molecule has 1 atom stereocenters. The molecule has 0 fully saturated rings. The Morgan fingerprint density at radius 1 is 0.920 bits per heavy atom. The van der Waals surface area contributed by atoms with Gasteiger partial charge in [0.15, 0.2) is 0 Å². The van der Waals surface area contributed by atoms with Crippen LogP contribution in [0.1, 0.15) is 38.0 Å². The first-order chi connectivity index (χ1) is 11.9. The van der Waals surface area contributed by atoms with Crippen LogP contribution in [0.5, 0.6) is 0 Å². The molecule has 0 aliphatic carbocycles. The highest BCUT2D eigenvalue weighted by molar-refractivity contribution is 6.22. The Bertz CT molecular complexity index is 843. The van der Waals surface area contributed by atoms with Gasteiger partial charge in [0.05, 0.1) is 11.1 Å². The lowest BCUT2D eigenvalue weighted by molar-refractivity contribution is -0.144. The summed E-state index contributed by atoms with van der Waals surface area (Å²) in [6.45, 7) is 1.24. The average molecular weight is 338 g/mol. The van der Waals surface area contributed by atoms with E-state index in [0.717, 1.165) is 0 Å². The van der Waals surface area contributed by atoms with E-state index in [1.165, 1.54) is 31.2 Å². The van der Waals surface area contributed by atoms with Crippen LogP contribution in [0.2, 0.25) is 0 Å². The van der Waals surface area contributed by atoms with Crippen LogP contribution >= 0.6 is 0 Å². The number of aliphatic carboxylic acids is 1. The highest BCUT2D eigenvalue weighted by Crippen LogP contribution is 2.26. The minimum atomic E-state index is -1.41. The summed E-state index contributed by atoms with van der Waals surface area (Å²) in [6.07, 6.45) is 0. The van der Waals surface area contributed by atoms with Crippen LogP contribution in [0, 0.1) is 0 Å². The number of amides is 3. The topological polar surface area (TPSA) is 95.0 Å². The van der Waals surface area contributed by atoms with Gasteiger partial charge in [0.2, 0.25) is 0 Å². The summed E-state index contributed by atoms with van der Waals surface area (Å²) in [7, 11) is 0. The van der Waals surface area contributed by atoms with Gasteiger partial charge in [0, 0.05) is 5.56 Å². The van der Waals surface area contributed by atoms with E-state index >= 15 is 0 Å². The third-order valence-corrected chi connectivity index (χ3v) is 3.94. The smallest absolute Gasteiger partial charge is 0.328 e. The Labute approximate surface area is 143 Å². The molecular weight excluding hydrogens is 324 g/mol. The molecule has 25 heavy (non-hydrogen) atoms. The number of benzene rings is 2. The number of rotatable bonds is 4. The van der Waals surface area contributed by atoms with Crippen molar-refractivity contribution in [2.24, 2.45) is 0 Å². The number of carbonyl (C=O) groups is 4. The van der Waals surface area contributed by atoms with Crippen molar-refractivity contribution in [3.05, 3.63) is 71.3 Å². The quantitative estimate of drug-likeness (QED) is 0.858. The molecular formula is C18H14N2O5. The van der Waals surface area contributed by atoms with Crippen molar-refractivity contribution in [1.82, 2.24) is 10.0 Å². The monoisotopic (exact) mass is 338 g/mol. The number of hydrogen-bond acceptors (Lipinski definition) is 4. The fraction of sp³-hybridized carbons (Fsp3) is 0.111. The second-order valence-corrected chi connectivity index (χ2v) is 5.50. The minimum absolute atomic E-state index is 0.135. The molecule has 126 valence electrons. The van der Waals surface area contributed by atoms with E-state index in [4.69, 9.17) is 0 Å². The Morgan fingerprint density at radius 3 is 1.88 bits per heavy atom. The molecule has 1 N–H and O–H groups in total. The molecule has 0 saturated carbocycles. The van der Waals surface area contributed by atoms with Crippen LogP contribution in [0.15, 0.2) is 54.6 Å². The fourth-order valence-electron chi connectivity index (χ4n) is 2.63. The maximum absolute atomic E-state index is 12.8. The summed E-state index contributed by atoms with van der Waals surface area (Å²) in [5.41, 5.74) is 0.444. The molecule has 0 aromatic heterocycles. The molecule has 3 rings (SSSR count). The Hall–Kier alpha value is -3.48. The maximum atomic E-state index is 12.8. The van der Waals surface area contributed by atoms with Crippen molar-refractivity contribution in [3.8, 4) is 0 Å². The largest absolute Gasteiger partial charge is 0.480 e. The second kappa shape index (κ2) is 6.20. The number of carboxylic acids is 1. The van der Waals surface area contributed by atoms with E-state index in [9.17, 15) is 24.3 Å². The zero-order valence-electron chi connectivity index (χ0n) is 13.2. The van der Waals surface area contributed by atoms with Gasteiger partial charge < -0.3 is 5.11 Å². The summed E-state index contributed by atoms with van der Waals surface area (Å²) in [5, 5.41) is 10.7. The van der Waals surface area contributed by atoms with Crippen molar-refractivity contribution < 1.29 is 24.3 Å². The number of imide groups is 1. The van der Waals surface area contributed by atoms with Crippen molar-refractivity contribution >= 4 is 23.7 Å². The van der Waals surface area contributed by atoms with Crippen LogP contribution in [-0.2, 0) is 4.79 Å². The molecule has 1 unspecified atom stereocenters. The van der Waals surface area contributed by atoms with Gasteiger partial charge in [-0.3, -0.25) is 14.4 Å². The zero-order chi connectivity index (χ0) is 18.1. The van der Waals surface area contributed by atoms with Crippen molar-refractivity contribution in [2.45, 2.75) is 13.0 Å². The highest BCUT2D eigenvalue weighted by Gasteiger charge is 2.44. The first-order valence-electron chi connectivity index (χ1n) is 7.52. The van der Waals surface area contributed by atoms with Crippen LogP contribution < -0.4 is 0 Å². The molecule has 1 aliphatic rings. The van der Waals surface area contributed by atoms with Crippen LogP contribution in [0.4, 0.5) is 0 Å². The lowest BCUT2D eigenvalue weighted by Crippen LogP contribution is -2.56. The van der Waals surface area contributed by atoms with E-state index < -0.39 is 29.7 Å². The summed E-state index contributed by atoms with van der Waals surface area (Å²) < 4.78 is 0. The minimum Gasteiger partial charge on any atom is -0.480 e. The number of hydrazine groups is 1. The lowest BCUT2D eigenvalue weighted by atomic mass is 10.1. The first kappa shape index (κ1) is 16.4. The molecule has 0 saturated heterocycles. The van der Waals surface area contributed by atoms with E-state index in [1.54, 1.807) is 30.3 Å². The molecule has 2 aromatic carbocycles. The Balaban J connectivity index is 2.08. The molecule has 1 aliphatic heterocycles. The molecule has 1 heterocycles. The fourth-order valence-corrected chi connectivity index (χ4v) is 2.63. The number of hydrogen-bond donors (Lipinski definition) is 1. The molecule has 7 heteroatoms. The van der Waals surface area contributed by atoms with Crippen LogP contribution in [-0.4, -0.2) is 44.9 Å². The predicted molar refractivity (Wildman–Crippen MR) is 86.7 cm³/mol. The number of nitrogens with zero attached hydrogens (tertiary/aromatic N) is 2. The Kier molecular flexibility index (Phi) is 4.06. The van der Waals surface area contributed by atoms with E-state index in [1.807, 2.05) is 0 Å². The number of carbonyl (C=O) groups excluding carboxylic acids is 3. The maximum Gasteiger partial charge on any atom is 0.328 e. The summed E-state index contributed by atoms with van der Waals surface area (Å²) in [5.74, 6) is -3.53. The summed E-state index contributed by atoms with van der Waals surface area (Å²) in [6, 6.07) is 12.6. The van der Waals surface area contributed by atoms with E-state index in [2.05, 4.69) is 0 Å². The number of fused-ring (bicyclic) bond motifs is 1. The van der Waals surface area contributed by atoms with Crippen molar-refractivity contribution in [1.29, 1.82) is 0 Å². The summed E-state index contributed by atoms with van der Waals surface area (Å²) in [4.78, 5) is 49.6. The first-order valence-corrected chi connectivity index (χ1v) is 7.52. The second-order valence-electron chi connectivity index (χ2n) is 5.50. The summed E-state index contributed by atoms with van der Waals surface area (Å²) >= 11 is 0. The van der Waals surface area contributed by atoms with Gasteiger partial charge in [-0.25, -0.2) is 9.80 Å². The molecule has 3 amide bonds. The normalized spacial score (nSPS) is 14.2. The molecule has 0 spiro atoms. The molecule has 7 nitrogen and oxygen atoms in total. The van der Waals surface area contributed by atoms with Crippen molar-refractivity contribution in [3.63, 3.8) is 0 Å². The van der Waals surface area contributed by atoms with Gasteiger partial charge in [-0.1, -0.05) is 30.3 Å². The molecule has 0 radical (unpaired) electrons. The van der Waals surface area contributed by atoms with E-state index in [0.29, 0.717) is 10.0 Å². The third-order valence-electron chi connectivity index (χ3n) is 3.94. The van der Waals surface area contributed by atoms with Gasteiger partial charge in [-0.05, 0) is 31.2 Å². The standard InChI is InChI=1S/C18H14N2O5/c1-11(18(24)25)19(15(21)12-7-3-2-4-8-12)20-16(22)13-9-5-6-10-14(13)17(20)23/h2-11H,1H3,(H,24,25). The zero-order valence-corrected chi connectivity index (χ0v) is 13.2. The molecule has 0 bridgehead atoms.